The van der Waals surface area contributed by atoms with Crippen molar-refractivity contribution in [2.45, 2.75) is 79.5 Å². The van der Waals surface area contributed by atoms with Gasteiger partial charge >= 0.3 is 35.6 Å². The van der Waals surface area contributed by atoms with E-state index in [0.717, 1.165) is 11.8 Å². The number of rotatable bonds is 6. The number of fused-ring (bicyclic) bond motifs is 2. The van der Waals surface area contributed by atoms with Gasteiger partial charge in [-0.25, -0.2) is 0 Å². The zero-order chi connectivity index (χ0) is 29.4. The van der Waals surface area contributed by atoms with Crippen LogP contribution in [-0.4, -0.2) is 22.6 Å². The van der Waals surface area contributed by atoms with Crippen molar-refractivity contribution in [1.29, 1.82) is 0 Å². The van der Waals surface area contributed by atoms with Gasteiger partial charge in [-0.15, -0.1) is 80.7 Å². The van der Waals surface area contributed by atoms with Crippen molar-refractivity contribution in [3.63, 3.8) is 0 Å². The first kappa shape index (κ1) is 35.0. The molecule has 4 rings (SSSR count). The third-order valence-corrected chi connectivity index (χ3v) is 13.1. The average molecular weight is 637 g/mol. The molecule has 5 heteroatoms. The third-order valence-electron chi connectivity index (χ3n) is 6.34. The molecule has 4 aromatic carbocycles. The zero-order valence-corrected chi connectivity index (χ0v) is 30.5. The standard InChI is InChI=1S/2C17H24P.2ClH.Ti/c1-16(2,3)18(17(4,5)6)15-11-13-9-7-8-10-14(13)12-15;1-13(2)11-18(12-14(3)4)17-9-15-7-5-6-8-16(15)10-17;;;/h7-12H,1-6H3;5-10,13-14H,11-12H2,1-4H3;2*1H;/q2*-1;;;+2/p-2. The summed E-state index contributed by atoms with van der Waals surface area (Å²) in [7, 11) is 9.61. The van der Waals surface area contributed by atoms with Crippen LogP contribution in [0.4, 0.5) is 0 Å². The molecular weight excluding hydrogens is 589 g/mol. The molecule has 0 aliphatic carbocycles. The molecule has 0 nitrogen and oxygen atoms in total. The van der Waals surface area contributed by atoms with Gasteiger partial charge in [-0.05, 0) is 34.5 Å². The molecule has 0 atom stereocenters. The summed E-state index contributed by atoms with van der Waals surface area (Å²) < 4.78 is 0. The summed E-state index contributed by atoms with van der Waals surface area (Å²) >= 11 is -0.556. The van der Waals surface area contributed by atoms with Crippen LogP contribution in [0.1, 0.15) is 69.2 Å². The van der Waals surface area contributed by atoms with Gasteiger partial charge in [0.15, 0.2) is 0 Å². The number of benzene rings is 2. The molecule has 214 valence electrons. The fraction of sp³-hybridized carbons (Fsp3) is 0.471. The van der Waals surface area contributed by atoms with Crippen LogP contribution in [0, 0.1) is 11.8 Å². The van der Waals surface area contributed by atoms with Gasteiger partial charge in [0.05, 0.1) is 0 Å². The first-order valence-corrected chi connectivity index (χ1v) is 21.3. The fourth-order valence-corrected chi connectivity index (χ4v) is 12.6. The van der Waals surface area contributed by atoms with Crippen LogP contribution in [0.25, 0.3) is 21.5 Å². The predicted octanol–water partition coefficient (Wildman–Crippen LogP) is 11.6. The zero-order valence-electron chi connectivity index (χ0n) is 25.6. The van der Waals surface area contributed by atoms with Crippen molar-refractivity contribution >= 4 is 66.6 Å². The average Bonchev–Trinajstić information content (AvgIpc) is 3.41. The van der Waals surface area contributed by atoms with Gasteiger partial charge in [0.1, 0.15) is 0 Å². The van der Waals surface area contributed by atoms with Gasteiger partial charge in [0.25, 0.3) is 0 Å². The molecule has 0 aliphatic heterocycles. The second-order valence-corrected chi connectivity index (χ2v) is 21.9. The summed E-state index contributed by atoms with van der Waals surface area (Å²) in [6, 6.07) is 27.1. The second-order valence-electron chi connectivity index (χ2n) is 13.1. The molecule has 0 spiro atoms. The van der Waals surface area contributed by atoms with E-state index in [1.165, 1.54) is 33.9 Å². The van der Waals surface area contributed by atoms with Crippen LogP contribution >= 0.6 is 34.5 Å². The summed E-state index contributed by atoms with van der Waals surface area (Å²) in [5.74, 6) is 1.60. The molecule has 0 aromatic heterocycles. The Bertz CT molecular complexity index is 1170. The summed E-state index contributed by atoms with van der Waals surface area (Å²) in [5.41, 5.74) is 0. The molecule has 4 aromatic rings. The van der Waals surface area contributed by atoms with Crippen molar-refractivity contribution in [3.8, 4) is 0 Å². The normalized spacial score (nSPS) is 12.2. The molecule has 0 fully saturated rings. The maximum absolute atomic E-state index is 4.89. The Morgan fingerprint density at radius 1 is 0.667 bits per heavy atom. The van der Waals surface area contributed by atoms with Crippen molar-refractivity contribution in [2.24, 2.45) is 11.8 Å². The van der Waals surface area contributed by atoms with E-state index >= 15 is 0 Å². The van der Waals surface area contributed by atoms with Gasteiger partial charge in [0.2, 0.25) is 0 Å². The number of halogens is 2. The van der Waals surface area contributed by atoms with E-state index < -0.39 is 17.0 Å². The molecule has 0 radical (unpaired) electrons. The SMILES string of the molecule is CC(C)(C)P(c1cc2ccccc2[cH-]1)C(C)(C)C.CC(C)CP(CC(C)C)c1cc2ccccc2[cH-]1.[Cl][Ti][Cl]. The molecule has 0 saturated heterocycles. The predicted molar refractivity (Wildman–Crippen MR) is 183 cm³/mol. The summed E-state index contributed by atoms with van der Waals surface area (Å²) in [6.45, 7) is 23.6. The summed E-state index contributed by atoms with van der Waals surface area (Å²) in [4.78, 5) is 0. The van der Waals surface area contributed by atoms with Crippen LogP contribution < -0.4 is 10.6 Å². The van der Waals surface area contributed by atoms with E-state index in [9.17, 15) is 0 Å². The molecule has 0 heterocycles. The maximum atomic E-state index is 4.89. The summed E-state index contributed by atoms with van der Waals surface area (Å²) in [6.07, 6.45) is 2.73. The molecule has 0 bridgehead atoms. The Hall–Kier alpha value is -0.186. The Balaban J connectivity index is 0.000000249. The number of hydrogen-bond acceptors (Lipinski definition) is 0. The van der Waals surface area contributed by atoms with Crippen LogP contribution in [0.3, 0.4) is 0 Å². The van der Waals surface area contributed by atoms with Crippen molar-refractivity contribution in [1.82, 2.24) is 0 Å². The van der Waals surface area contributed by atoms with E-state index in [1.807, 2.05) is 0 Å². The molecule has 0 saturated carbocycles. The Morgan fingerprint density at radius 2 is 1.03 bits per heavy atom. The van der Waals surface area contributed by atoms with E-state index in [1.54, 1.807) is 10.6 Å². The molecule has 0 amide bonds. The van der Waals surface area contributed by atoms with Crippen molar-refractivity contribution in [2.75, 3.05) is 12.3 Å². The van der Waals surface area contributed by atoms with Gasteiger partial charge < -0.3 is 0 Å². The minimum atomic E-state index is -0.556. The molecular formula is C34H48Cl2P2Ti-2. The molecule has 39 heavy (non-hydrogen) atoms. The van der Waals surface area contributed by atoms with E-state index in [4.69, 9.17) is 18.6 Å². The van der Waals surface area contributed by atoms with Crippen LogP contribution in [-0.2, 0) is 17.0 Å². The molecule has 0 N–H and O–H groups in total. The quantitative estimate of drug-likeness (QED) is 0.112. The number of hydrogen-bond donors (Lipinski definition) is 0. The van der Waals surface area contributed by atoms with Crippen molar-refractivity contribution < 1.29 is 17.0 Å². The van der Waals surface area contributed by atoms with Gasteiger partial charge in [-0.2, -0.15) is 12.1 Å². The Morgan fingerprint density at radius 3 is 1.38 bits per heavy atom. The molecule has 0 aliphatic rings. The second kappa shape index (κ2) is 15.9. The minimum absolute atomic E-state index is 0.0185. The van der Waals surface area contributed by atoms with E-state index in [0.29, 0.717) is 10.3 Å². The first-order chi connectivity index (χ1) is 18.2. The van der Waals surface area contributed by atoms with Crippen LogP contribution in [0.2, 0.25) is 0 Å². The monoisotopic (exact) mass is 636 g/mol. The molecule has 0 unspecified atom stereocenters. The third kappa shape index (κ3) is 11.2. The topological polar surface area (TPSA) is 0 Å². The van der Waals surface area contributed by atoms with Gasteiger partial charge in [-0.3, -0.25) is 0 Å². The van der Waals surface area contributed by atoms with Crippen LogP contribution in [0.15, 0.2) is 72.8 Å². The van der Waals surface area contributed by atoms with Gasteiger partial charge in [-0.1, -0.05) is 97.2 Å². The van der Waals surface area contributed by atoms with Gasteiger partial charge in [0, 0.05) is 0 Å². The Kier molecular flexibility index (Phi) is 14.3. The Labute approximate surface area is 258 Å². The first-order valence-electron chi connectivity index (χ1n) is 14.0. The fourth-order valence-electron chi connectivity index (χ4n) is 5.53. The summed E-state index contributed by atoms with van der Waals surface area (Å²) in [5, 5.41) is 9.43. The van der Waals surface area contributed by atoms with Crippen LogP contribution in [0.5, 0.6) is 0 Å². The van der Waals surface area contributed by atoms with Crippen molar-refractivity contribution in [3.05, 3.63) is 72.8 Å². The van der Waals surface area contributed by atoms with E-state index in [2.05, 4.69) is 142 Å². The van der Waals surface area contributed by atoms with E-state index in [-0.39, 0.29) is 15.8 Å².